The minimum absolute atomic E-state index is 0.502. The minimum atomic E-state index is -0.812. The highest BCUT2D eigenvalue weighted by Gasteiger charge is 2.22. The van der Waals surface area contributed by atoms with E-state index in [2.05, 4.69) is 207 Å². The van der Waals surface area contributed by atoms with Gasteiger partial charge in [-0.15, -0.1) is 0 Å². The van der Waals surface area contributed by atoms with Crippen LogP contribution in [-0.4, -0.2) is 8.07 Å². The van der Waals surface area contributed by atoms with Gasteiger partial charge in [0.2, 0.25) is 0 Å². The maximum Gasteiger partial charge on any atom is 0.0442 e. The monoisotopic (exact) mass is 783 g/mol. The zero-order valence-electron chi connectivity index (χ0n) is 44.5. The molecule has 0 spiro atoms. The summed E-state index contributed by atoms with van der Waals surface area (Å²) in [6.45, 7) is 70.3. The van der Waals surface area contributed by atoms with Gasteiger partial charge in [-0.2, -0.15) is 0 Å². The second-order valence-electron chi connectivity index (χ2n) is 24.3. The summed E-state index contributed by atoms with van der Waals surface area (Å²) in [5.74, 6) is 13.8. The van der Waals surface area contributed by atoms with Crippen molar-refractivity contribution in [3.8, 4) is 0 Å². The van der Waals surface area contributed by atoms with Crippen LogP contribution in [0.5, 0.6) is 0 Å². The van der Waals surface area contributed by atoms with Crippen molar-refractivity contribution >= 4 is 8.07 Å². The Labute approximate surface area is 351 Å². The van der Waals surface area contributed by atoms with Crippen molar-refractivity contribution in [1.82, 2.24) is 0 Å². The van der Waals surface area contributed by atoms with Gasteiger partial charge in [0.25, 0.3) is 0 Å². The van der Waals surface area contributed by atoms with Gasteiger partial charge in [-0.1, -0.05) is 225 Å². The Morgan fingerprint density at radius 2 is 0.556 bits per heavy atom. The summed E-state index contributed by atoms with van der Waals surface area (Å²) >= 11 is 0. The summed E-state index contributed by atoms with van der Waals surface area (Å²) in [4.78, 5) is 0. The molecule has 0 atom stereocenters. The van der Waals surface area contributed by atoms with Gasteiger partial charge in [-0.25, -0.2) is 0 Å². The molecule has 1 heteroatoms. The molecule has 0 N–H and O–H groups in total. The van der Waals surface area contributed by atoms with E-state index in [1.807, 2.05) is 0 Å². The van der Waals surface area contributed by atoms with Gasteiger partial charge >= 0.3 is 0 Å². The highest BCUT2D eigenvalue weighted by molar-refractivity contribution is 6.76. The summed E-state index contributed by atoms with van der Waals surface area (Å²) in [7, 11) is -0.812. The quantitative estimate of drug-likeness (QED) is 0.122. The molecular weight excluding hydrogens is 665 g/mol. The predicted octanol–water partition coefficient (Wildman–Crippen LogP) is 19.6. The van der Waals surface area contributed by atoms with Gasteiger partial charge in [0.1, 0.15) is 0 Å². The van der Waals surface area contributed by atoms with E-state index < -0.39 is 8.07 Å². The maximum absolute atomic E-state index is 2.48. The molecule has 0 bridgehead atoms. The third kappa shape index (κ3) is 41.8. The number of rotatable bonds is 18. The van der Waals surface area contributed by atoms with E-state index in [1.165, 1.54) is 38.1 Å². The van der Waals surface area contributed by atoms with Crippen LogP contribution in [0.3, 0.4) is 0 Å². The molecule has 0 amide bonds. The minimum Gasteiger partial charge on any atom is -0.0695 e. The van der Waals surface area contributed by atoms with E-state index in [4.69, 9.17) is 0 Å². The van der Waals surface area contributed by atoms with Crippen LogP contribution in [-0.2, 0) is 0 Å². The van der Waals surface area contributed by atoms with Crippen LogP contribution in [0.25, 0.3) is 0 Å². The van der Waals surface area contributed by atoms with Crippen LogP contribution in [0.4, 0.5) is 0 Å². The van der Waals surface area contributed by atoms with Gasteiger partial charge in [0.05, 0.1) is 0 Å². The first-order valence-electron chi connectivity index (χ1n) is 24.0. The average Bonchev–Trinajstić information content (AvgIpc) is 2.95. The van der Waals surface area contributed by atoms with Gasteiger partial charge in [0.15, 0.2) is 0 Å². The Hall–Kier alpha value is 0.217. The van der Waals surface area contributed by atoms with Gasteiger partial charge in [0, 0.05) is 8.07 Å². The maximum atomic E-state index is 2.48. The molecular formula is C53H118Si. The van der Waals surface area contributed by atoms with E-state index in [1.54, 1.807) is 0 Å². The van der Waals surface area contributed by atoms with Gasteiger partial charge in [-0.05, 0) is 119 Å². The molecule has 0 nitrogen and oxygen atoms in total. The van der Waals surface area contributed by atoms with Crippen molar-refractivity contribution in [2.45, 2.75) is 245 Å². The van der Waals surface area contributed by atoms with E-state index >= 15 is 0 Å². The summed E-state index contributed by atoms with van der Waals surface area (Å²) < 4.78 is 0. The Morgan fingerprint density at radius 1 is 0.315 bits per heavy atom. The third-order valence-electron chi connectivity index (χ3n) is 12.9. The molecule has 0 rings (SSSR count). The predicted molar refractivity (Wildman–Crippen MR) is 263 cm³/mol. The molecule has 0 aliphatic heterocycles. The lowest BCUT2D eigenvalue weighted by Gasteiger charge is -2.28. The zero-order valence-corrected chi connectivity index (χ0v) is 45.5. The molecule has 0 radical (unpaired) electrons. The van der Waals surface area contributed by atoms with Gasteiger partial charge < -0.3 is 0 Å². The van der Waals surface area contributed by atoms with Crippen LogP contribution >= 0.6 is 0 Å². The van der Waals surface area contributed by atoms with Crippen LogP contribution in [0, 0.1) is 100 Å². The largest absolute Gasteiger partial charge is 0.0695 e. The summed E-state index contributed by atoms with van der Waals surface area (Å²) in [5.41, 5.74) is 0.502. The lowest BCUT2D eigenvalue weighted by molar-refractivity contribution is 0.226. The molecule has 0 saturated heterocycles. The van der Waals surface area contributed by atoms with Crippen molar-refractivity contribution in [3.63, 3.8) is 0 Å². The van der Waals surface area contributed by atoms with Crippen LogP contribution in [0.15, 0.2) is 0 Å². The fourth-order valence-corrected chi connectivity index (χ4v) is 8.77. The second-order valence-corrected chi connectivity index (χ2v) is 29.9. The fourth-order valence-electron chi connectivity index (χ4n) is 7.57. The third-order valence-corrected chi connectivity index (χ3v) is 14.7. The first-order valence-corrected chi connectivity index (χ1v) is 27.7. The fraction of sp³-hybridized carbons (Fsp3) is 1.00. The number of hydrogen-bond acceptors (Lipinski definition) is 0. The molecule has 0 aliphatic carbocycles. The van der Waals surface area contributed by atoms with Crippen LogP contribution < -0.4 is 0 Å². The lowest BCUT2D eigenvalue weighted by atomic mass is 9.78. The van der Waals surface area contributed by atoms with Crippen molar-refractivity contribution in [1.29, 1.82) is 0 Å². The van der Waals surface area contributed by atoms with Crippen molar-refractivity contribution in [3.05, 3.63) is 0 Å². The normalized spacial score (nSPS) is 12.8. The molecule has 0 unspecified atom stereocenters. The molecule has 0 aliphatic rings. The second kappa shape index (κ2) is 33.1. The van der Waals surface area contributed by atoms with Crippen molar-refractivity contribution in [2.24, 2.45) is 100 Å². The van der Waals surface area contributed by atoms with Crippen molar-refractivity contribution in [2.75, 3.05) is 0 Å². The Kier molecular flexibility index (Phi) is 38.8. The van der Waals surface area contributed by atoms with Crippen LogP contribution in [0.1, 0.15) is 219 Å². The summed E-state index contributed by atoms with van der Waals surface area (Å²) in [5, 5.41) is 0. The van der Waals surface area contributed by atoms with Crippen molar-refractivity contribution < 1.29 is 0 Å². The molecule has 0 aromatic heterocycles. The smallest absolute Gasteiger partial charge is 0.0442 e. The first-order chi connectivity index (χ1) is 24.0. The standard InChI is InChI=1S/C13H28.C12H28Si.C12H26.2C8H18/c2*1-10(2)12(11(3)4)8-9-13(5,6)7;1-9(2)7-8-12(10(3)4)11(5)6;2*1-6(2)8(5)7(3)4/h2*10-12H,8-9H2,1-7H3;9-12H,7-8H2,1-6H3;2*6-8H,1-5H3. The topological polar surface area (TPSA) is 0 Å². The Morgan fingerprint density at radius 3 is 0.722 bits per heavy atom. The zero-order chi connectivity index (χ0) is 44.5. The van der Waals surface area contributed by atoms with Crippen LogP contribution in [0.2, 0.25) is 25.7 Å². The summed E-state index contributed by atoms with van der Waals surface area (Å²) in [6.07, 6.45) is 6.99. The molecule has 0 aromatic carbocycles. The molecule has 0 saturated carbocycles. The van der Waals surface area contributed by atoms with E-state index in [-0.39, 0.29) is 0 Å². The SMILES string of the molecule is CC(C)C(C)C(C)C.CC(C)C(C)C(C)C.CC(C)C(CCC(C)(C)C)C(C)C.CC(C)C(CC[Si](C)(C)C)C(C)C.CC(C)CCC(C(C)C)C(C)C. The first kappa shape index (κ1) is 63.4. The molecule has 0 aromatic rings. The summed E-state index contributed by atoms with van der Waals surface area (Å²) in [6, 6.07) is 1.49. The molecule has 0 heterocycles. The van der Waals surface area contributed by atoms with E-state index in [0.717, 1.165) is 94.7 Å². The van der Waals surface area contributed by atoms with Gasteiger partial charge in [-0.3, -0.25) is 0 Å². The average molecular weight is 784 g/mol. The lowest BCUT2D eigenvalue weighted by Crippen LogP contribution is -2.24. The Balaban J connectivity index is -0.000000188. The molecule has 54 heavy (non-hydrogen) atoms. The molecule has 334 valence electrons. The highest BCUT2D eigenvalue weighted by Crippen LogP contribution is 2.32. The molecule has 0 fully saturated rings. The van der Waals surface area contributed by atoms with E-state index in [0.29, 0.717) is 5.41 Å². The Bertz CT molecular complexity index is 672. The number of hydrogen-bond donors (Lipinski definition) is 0. The van der Waals surface area contributed by atoms with E-state index in [9.17, 15) is 0 Å². The highest BCUT2D eigenvalue weighted by atomic mass is 28.3.